The van der Waals surface area contributed by atoms with Gasteiger partial charge in [0.2, 0.25) is 6.41 Å². The second-order valence-electron chi connectivity index (χ2n) is 6.18. The van der Waals surface area contributed by atoms with Gasteiger partial charge < -0.3 is 10.1 Å². The predicted molar refractivity (Wildman–Crippen MR) is 104 cm³/mol. The quantitative estimate of drug-likeness (QED) is 0.243. The zero-order valence-corrected chi connectivity index (χ0v) is 16.1. The van der Waals surface area contributed by atoms with Gasteiger partial charge in [-0.15, -0.1) is 0 Å². The second-order valence-corrected chi connectivity index (χ2v) is 6.18. The molecular weight excluding hydrogens is 379 g/mol. The summed E-state index contributed by atoms with van der Waals surface area (Å²) >= 11 is 0. The molecule has 0 aliphatic rings. The Kier molecular flexibility index (Phi) is 7.36. The van der Waals surface area contributed by atoms with Crippen LogP contribution in [0.15, 0.2) is 42.1 Å². The van der Waals surface area contributed by atoms with E-state index in [9.17, 15) is 18.4 Å². The first kappa shape index (κ1) is 21.9. The van der Waals surface area contributed by atoms with Crippen molar-refractivity contribution in [2.75, 3.05) is 0 Å². The lowest BCUT2D eigenvalue weighted by molar-refractivity contribution is -0.108. The van der Waals surface area contributed by atoms with Crippen molar-refractivity contribution in [2.24, 2.45) is 0 Å². The first-order chi connectivity index (χ1) is 13.7. The van der Waals surface area contributed by atoms with Crippen molar-refractivity contribution in [1.29, 1.82) is 0 Å². The highest BCUT2D eigenvalue weighted by Gasteiger charge is 2.16. The largest absolute Gasteiger partial charge is 0.494 e. The zero-order valence-electron chi connectivity index (χ0n) is 16.1. The number of amides is 1. The molecule has 2 aromatic rings. The van der Waals surface area contributed by atoms with Crippen LogP contribution in [0.1, 0.15) is 47.2 Å². The van der Waals surface area contributed by atoms with Crippen molar-refractivity contribution in [3.8, 4) is 0 Å². The molecule has 6 nitrogen and oxygen atoms in total. The Morgan fingerprint density at radius 1 is 1.24 bits per heavy atom. The molecule has 9 heteroatoms. The summed E-state index contributed by atoms with van der Waals surface area (Å²) in [6.45, 7) is 4.77. The minimum atomic E-state index is -1.35. The number of nitrogens with zero attached hydrogens (tertiary/aromatic N) is 2. The summed E-state index contributed by atoms with van der Waals surface area (Å²) in [5.41, 5.74) is 1.73. The van der Waals surface area contributed by atoms with Gasteiger partial charge in [0.1, 0.15) is 30.8 Å². The molecule has 1 amide bonds. The van der Waals surface area contributed by atoms with Crippen LogP contribution >= 0.6 is 0 Å². The normalized spacial score (nSPS) is 13.0. The Labute approximate surface area is 168 Å². The van der Waals surface area contributed by atoms with Crippen molar-refractivity contribution in [2.45, 2.75) is 26.8 Å². The van der Waals surface area contributed by atoms with E-state index in [1.165, 1.54) is 19.2 Å². The molecule has 2 aromatic heterocycles. The molecule has 0 saturated carbocycles. The van der Waals surface area contributed by atoms with E-state index in [2.05, 4.69) is 15.3 Å². The van der Waals surface area contributed by atoms with E-state index in [-0.39, 0.29) is 22.9 Å². The van der Waals surface area contributed by atoms with Crippen LogP contribution in [0.25, 0.3) is 6.08 Å². The van der Waals surface area contributed by atoms with Gasteiger partial charge in [-0.1, -0.05) is 0 Å². The summed E-state index contributed by atoms with van der Waals surface area (Å²) < 4.78 is 32.7. The highest BCUT2D eigenvalue weighted by Crippen LogP contribution is 2.23. The van der Waals surface area contributed by atoms with Crippen LogP contribution in [0.3, 0.4) is 0 Å². The summed E-state index contributed by atoms with van der Waals surface area (Å²) in [4.78, 5) is 30.0. The lowest BCUT2D eigenvalue weighted by Crippen LogP contribution is -2.11. The number of hydrogen-bond donors (Lipinski definition) is 1. The van der Waals surface area contributed by atoms with E-state index >= 15 is 0 Å². The lowest BCUT2D eigenvalue weighted by Gasteiger charge is -2.17. The molecule has 0 fully saturated rings. The molecule has 148 valence electrons. The van der Waals surface area contributed by atoms with E-state index in [0.29, 0.717) is 23.7 Å². The Hall–Kier alpha value is -3.36. The number of Topliss-reactive ketones (excluding diaryl/α,β-unsaturated/α-hetero) is 1. The monoisotopic (exact) mass is 397 g/mol. The molecule has 2 radical (unpaired) electrons. The fourth-order valence-electron chi connectivity index (χ4n) is 2.34. The molecular formula is C20H18BF2N3O3. The van der Waals surface area contributed by atoms with Crippen molar-refractivity contribution in [3.63, 3.8) is 0 Å². The predicted octanol–water partition coefficient (Wildman–Crippen LogP) is 3.14. The van der Waals surface area contributed by atoms with Crippen LogP contribution in [0.5, 0.6) is 0 Å². The van der Waals surface area contributed by atoms with Gasteiger partial charge in [0.05, 0.1) is 12.2 Å². The molecule has 0 bridgehead atoms. The van der Waals surface area contributed by atoms with Gasteiger partial charge in [-0.3, -0.25) is 19.6 Å². The molecule has 1 atom stereocenters. The third kappa shape index (κ3) is 6.07. The van der Waals surface area contributed by atoms with E-state index in [4.69, 9.17) is 12.6 Å². The third-order valence-corrected chi connectivity index (χ3v) is 3.82. The molecule has 29 heavy (non-hydrogen) atoms. The average molecular weight is 397 g/mol. The van der Waals surface area contributed by atoms with Gasteiger partial charge in [-0.25, -0.2) is 8.78 Å². The van der Waals surface area contributed by atoms with Crippen LogP contribution in [0.2, 0.25) is 0 Å². The number of ketones is 1. The SMILES string of the molecule is [B]C(OC(/C=C(/C)NC=O)=C/c1cc(C(C)=O)ncc1C)c1ncc(F)cc1F. The minimum absolute atomic E-state index is 0.152. The van der Waals surface area contributed by atoms with Gasteiger partial charge in [-0.05, 0) is 43.2 Å². The van der Waals surface area contributed by atoms with E-state index in [1.807, 2.05) is 0 Å². The number of hydrogen-bond acceptors (Lipinski definition) is 5. The number of aryl methyl sites for hydroxylation is 1. The maximum absolute atomic E-state index is 14.0. The van der Waals surface area contributed by atoms with Gasteiger partial charge in [0, 0.05) is 24.9 Å². The average Bonchev–Trinajstić information content (AvgIpc) is 2.63. The minimum Gasteiger partial charge on any atom is -0.494 e. The van der Waals surface area contributed by atoms with E-state index in [0.717, 1.165) is 11.8 Å². The number of halogens is 2. The lowest BCUT2D eigenvalue weighted by atomic mass is 9.95. The number of nitrogens with one attached hydrogen (secondary N) is 1. The molecule has 1 unspecified atom stereocenters. The fraction of sp³-hybridized carbons (Fsp3) is 0.200. The summed E-state index contributed by atoms with van der Waals surface area (Å²) in [7, 11) is 5.89. The summed E-state index contributed by atoms with van der Waals surface area (Å²) in [6, 6.07) is 0.868. The summed E-state index contributed by atoms with van der Waals surface area (Å²) in [5, 5.41) is 2.45. The molecule has 0 aliphatic heterocycles. The number of carbonyl (C=O) groups excluding carboxylic acids is 2. The molecule has 0 aliphatic carbocycles. The Bertz CT molecular complexity index is 993. The number of allylic oxidation sites excluding steroid dienone is 2. The van der Waals surface area contributed by atoms with Crippen molar-refractivity contribution in [3.05, 3.63) is 76.2 Å². The van der Waals surface area contributed by atoms with Gasteiger partial charge >= 0.3 is 0 Å². The molecule has 0 spiro atoms. The second kappa shape index (κ2) is 9.72. The molecule has 2 rings (SSSR count). The molecule has 0 saturated heterocycles. The highest BCUT2D eigenvalue weighted by molar-refractivity contribution is 6.11. The van der Waals surface area contributed by atoms with Gasteiger partial charge in [0.25, 0.3) is 0 Å². The van der Waals surface area contributed by atoms with Crippen molar-refractivity contribution >= 4 is 26.1 Å². The smallest absolute Gasteiger partial charge is 0.211 e. The number of ether oxygens (including phenoxy) is 1. The van der Waals surface area contributed by atoms with Gasteiger partial charge in [0.15, 0.2) is 11.6 Å². The maximum Gasteiger partial charge on any atom is 0.211 e. The Morgan fingerprint density at radius 3 is 2.59 bits per heavy atom. The molecule has 1 N–H and O–H groups in total. The fourth-order valence-corrected chi connectivity index (χ4v) is 2.34. The van der Waals surface area contributed by atoms with Crippen molar-refractivity contribution < 1.29 is 23.1 Å². The van der Waals surface area contributed by atoms with Crippen LogP contribution in [0.4, 0.5) is 8.78 Å². The molecule has 0 aromatic carbocycles. The first-order valence-corrected chi connectivity index (χ1v) is 8.52. The van der Waals surface area contributed by atoms with Gasteiger partial charge in [-0.2, -0.15) is 0 Å². The number of rotatable bonds is 8. The summed E-state index contributed by atoms with van der Waals surface area (Å²) in [5.74, 6) is -1.86. The van der Waals surface area contributed by atoms with Crippen LogP contribution in [0, 0.1) is 18.6 Å². The van der Waals surface area contributed by atoms with E-state index < -0.39 is 17.6 Å². The van der Waals surface area contributed by atoms with Crippen molar-refractivity contribution in [1.82, 2.24) is 15.3 Å². The first-order valence-electron chi connectivity index (χ1n) is 8.52. The number of pyridine rings is 2. The topological polar surface area (TPSA) is 81.2 Å². The van der Waals surface area contributed by atoms with Crippen LogP contribution in [-0.4, -0.2) is 30.0 Å². The van der Waals surface area contributed by atoms with Crippen LogP contribution < -0.4 is 5.32 Å². The Balaban J connectivity index is 2.45. The number of aromatic nitrogens is 2. The number of carbonyl (C=O) groups is 2. The zero-order chi connectivity index (χ0) is 21.6. The van der Waals surface area contributed by atoms with E-state index in [1.54, 1.807) is 26.0 Å². The Morgan fingerprint density at radius 2 is 1.97 bits per heavy atom. The summed E-state index contributed by atoms with van der Waals surface area (Å²) in [6.07, 6.45) is 5.85. The highest BCUT2D eigenvalue weighted by atomic mass is 19.1. The third-order valence-electron chi connectivity index (χ3n) is 3.82. The maximum atomic E-state index is 14.0. The van der Waals surface area contributed by atoms with Crippen LogP contribution in [-0.2, 0) is 9.53 Å². The standard InChI is InChI=1S/C20H18BF2N3O3/c1-11-8-24-18(13(3)28)6-14(11)5-16(4-12(2)26-10-27)29-20(21)19-17(23)7-15(22)9-25-19/h4-10,20H,1-3H3,(H,26,27)/b12-4-,16-5+. The molecule has 2 heterocycles.